The fourth-order valence-electron chi connectivity index (χ4n) is 1.99. The van der Waals surface area contributed by atoms with Crippen LogP contribution in [0.5, 0.6) is 0 Å². The highest BCUT2D eigenvalue weighted by molar-refractivity contribution is 6.31. The summed E-state index contributed by atoms with van der Waals surface area (Å²) in [6, 6.07) is 3.58. The number of rotatable bonds is 2. The zero-order valence-electron chi connectivity index (χ0n) is 10.7. The molecule has 0 amide bonds. The number of nitro benzene ring substituents is 1. The highest BCUT2D eigenvalue weighted by Gasteiger charge is 2.17. The van der Waals surface area contributed by atoms with Crippen LogP contribution in [0.2, 0.25) is 5.02 Å². The molecule has 0 bridgehead atoms. The number of halogens is 2. The number of H-pyrrole nitrogens is 1. The molecule has 0 spiro atoms. The number of imidazole rings is 1. The zero-order valence-corrected chi connectivity index (χ0v) is 11.5. The lowest BCUT2D eigenvalue weighted by Gasteiger charge is -1.98. The summed E-state index contributed by atoms with van der Waals surface area (Å²) in [4.78, 5) is 21.4. The van der Waals surface area contributed by atoms with E-state index < -0.39 is 16.4 Å². The van der Waals surface area contributed by atoms with E-state index in [9.17, 15) is 14.5 Å². The summed E-state index contributed by atoms with van der Waals surface area (Å²) in [6.07, 6.45) is 1.49. The molecule has 0 unspecified atom stereocenters. The lowest BCUT2D eigenvalue weighted by Crippen LogP contribution is -1.93. The molecular formula is C13H8ClFN4O2. The van der Waals surface area contributed by atoms with E-state index in [4.69, 9.17) is 11.6 Å². The van der Waals surface area contributed by atoms with Crippen LogP contribution in [0.3, 0.4) is 0 Å². The van der Waals surface area contributed by atoms with Crippen molar-refractivity contribution >= 4 is 28.5 Å². The molecule has 3 rings (SSSR count). The van der Waals surface area contributed by atoms with Crippen LogP contribution >= 0.6 is 11.6 Å². The lowest BCUT2D eigenvalue weighted by molar-refractivity contribution is -0.387. The first kappa shape index (κ1) is 13.4. The smallest absolute Gasteiger partial charge is 0.305 e. The van der Waals surface area contributed by atoms with Gasteiger partial charge >= 0.3 is 5.69 Å². The van der Waals surface area contributed by atoms with Gasteiger partial charge in [-0.2, -0.15) is 4.39 Å². The van der Waals surface area contributed by atoms with Gasteiger partial charge in [0.25, 0.3) is 0 Å². The molecule has 1 N–H and O–H groups in total. The third-order valence-corrected chi connectivity index (χ3v) is 3.50. The van der Waals surface area contributed by atoms with Gasteiger partial charge in [0, 0.05) is 17.8 Å². The van der Waals surface area contributed by atoms with Crippen molar-refractivity contribution in [3.05, 3.63) is 50.9 Å². The first-order valence-corrected chi connectivity index (χ1v) is 6.30. The number of nitrogens with zero attached hydrogens (tertiary/aromatic N) is 3. The second-order valence-corrected chi connectivity index (χ2v) is 4.84. The largest absolute Gasteiger partial charge is 0.323 e. The predicted molar refractivity (Wildman–Crippen MR) is 75.7 cm³/mol. The predicted octanol–water partition coefficient (Wildman–Crippen LogP) is 3.63. The van der Waals surface area contributed by atoms with Crippen LogP contribution in [0.1, 0.15) is 5.56 Å². The molecule has 0 saturated carbocycles. The molecule has 0 fully saturated rings. The summed E-state index contributed by atoms with van der Waals surface area (Å²) in [5.41, 5.74) is 1.64. The summed E-state index contributed by atoms with van der Waals surface area (Å²) >= 11 is 5.98. The molecule has 3 aromatic rings. The summed E-state index contributed by atoms with van der Waals surface area (Å²) in [5.74, 6) is -0.525. The van der Waals surface area contributed by atoms with Gasteiger partial charge in [-0.25, -0.2) is 9.97 Å². The van der Waals surface area contributed by atoms with Gasteiger partial charge in [-0.15, -0.1) is 0 Å². The Labute approximate surface area is 122 Å². The molecular weight excluding hydrogens is 299 g/mol. The van der Waals surface area contributed by atoms with E-state index in [-0.39, 0.29) is 0 Å². The average Bonchev–Trinajstić information content (AvgIpc) is 2.88. The molecule has 0 aliphatic rings. The van der Waals surface area contributed by atoms with E-state index in [1.807, 2.05) is 0 Å². The van der Waals surface area contributed by atoms with Crippen LogP contribution in [-0.2, 0) is 0 Å². The summed E-state index contributed by atoms with van der Waals surface area (Å²) in [5, 5.41) is 11.3. The fraction of sp³-hybridized carbons (Fsp3) is 0.0769. The number of aromatic amines is 1. The third kappa shape index (κ3) is 2.21. The number of nitro groups is 1. The summed E-state index contributed by atoms with van der Waals surface area (Å²) < 4.78 is 13.4. The van der Waals surface area contributed by atoms with Crippen LogP contribution < -0.4 is 0 Å². The molecule has 0 radical (unpaired) electrons. The topological polar surface area (TPSA) is 84.7 Å². The average molecular weight is 307 g/mol. The monoisotopic (exact) mass is 306 g/mol. The molecule has 2 heterocycles. The minimum atomic E-state index is -0.891. The number of aryl methyl sites for hydroxylation is 1. The minimum Gasteiger partial charge on any atom is -0.323 e. The Kier molecular flexibility index (Phi) is 3.06. The Morgan fingerprint density at radius 3 is 2.90 bits per heavy atom. The standard InChI is InChI=1S/C13H8ClFN4O2/c1-6-8(14)5-16-13-11(6)17-12(18-13)7-2-3-9(15)10(4-7)19(20)21/h2-5H,1H3,(H,16,17,18). The van der Waals surface area contributed by atoms with Gasteiger partial charge in [-0.05, 0) is 24.6 Å². The Morgan fingerprint density at radius 2 is 2.19 bits per heavy atom. The number of pyridine rings is 1. The maximum absolute atomic E-state index is 13.4. The van der Waals surface area contributed by atoms with Gasteiger partial charge in [0.05, 0.1) is 9.95 Å². The number of fused-ring (bicyclic) bond motifs is 1. The van der Waals surface area contributed by atoms with Gasteiger partial charge < -0.3 is 4.98 Å². The highest BCUT2D eigenvalue weighted by atomic mass is 35.5. The molecule has 106 valence electrons. The van der Waals surface area contributed by atoms with Crippen molar-refractivity contribution in [2.75, 3.05) is 0 Å². The minimum absolute atomic E-state index is 0.367. The normalized spacial score (nSPS) is 11.0. The Morgan fingerprint density at radius 1 is 1.43 bits per heavy atom. The van der Waals surface area contributed by atoms with Crippen LogP contribution in [0.15, 0.2) is 24.4 Å². The first-order chi connectivity index (χ1) is 9.97. The second kappa shape index (κ2) is 4.78. The summed E-state index contributed by atoms with van der Waals surface area (Å²) in [7, 11) is 0. The molecule has 0 atom stereocenters. The SMILES string of the molecule is Cc1c(Cl)cnc2[nH]c(-c3ccc(F)c([N+](=O)[O-])c3)nc12. The highest BCUT2D eigenvalue weighted by Crippen LogP contribution is 2.28. The zero-order chi connectivity index (χ0) is 15.1. The van der Waals surface area contributed by atoms with Gasteiger partial charge in [-0.1, -0.05) is 11.6 Å². The van der Waals surface area contributed by atoms with E-state index in [1.54, 1.807) is 6.92 Å². The van der Waals surface area contributed by atoms with Crippen molar-refractivity contribution in [3.63, 3.8) is 0 Å². The number of benzene rings is 1. The molecule has 0 aliphatic heterocycles. The molecule has 1 aromatic carbocycles. The first-order valence-electron chi connectivity index (χ1n) is 5.92. The number of hydrogen-bond donors (Lipinski definition) is 1. The maximum Gasteiger partial charge on any atom is 0.305 e. The third-order valence-electron chi connectivity index (χ3n) is 3.12. The second-order valence-electron chi connectivity index (χ2n) is 4.44. The summed E-state index contributed by atoms with van der Waals surface area (Å²) in [6.45, 7) is 1.80. The van der Waals surface area contributed by atoms with Gasteiger partial charge in [0.1, 0.15) is 11.3 Å². The molecule has 2 aromatic heterocycles. The van der Waals surface area contributed by atoms with E-state index in [0.717, 1.165) is 17.7 Å². The van der Waals surface area contributed by atoms with Gasteiger partial charge in [0.2, 0.25) is 5.82 Å². The molecule has 6 nitrogen and oxygen atoms in total. The van der Waals surface area contributed by atoms with Crippen LogP contribution in [0, 0.1) is 22.9 Å². The van der Waals surface area contributed by atoms with Crippen molar-refractivity contribution in [2.45, 2.75) is 6.92 Å². The van der Waals surface area contributed by atoms with E-state index >= 15 is 0 Å². The lowest BCUT2D eigenvalue weighted by atomic mass is 10.2. The van der Waals surface area contributed by atoms with Crippen molar-refractivity contribution in [2.24, 2.45) is 0 Å². The number of aromatic nitrogens is 3. The number of hydrogen-bond acceptors (Lipinski definition) is 4. The molecule has 0 aliphatic carbocycles. The molecule has 0 saturated heterocycles. The van der Waals surface area contributed by atoms with Gasteiger partial charge in [-0.3, -0.25) is 10.1 Å². The van der Waals surface area contributed by atoms with E-state index in [0.29, 0.717) is 27.6 Å². The number of nitrogens with one attached hydrogen (secondary N) is 1. The molecule has 21 heavy (non-hydrogen) atoms. The Balaban J connectivity index is 2.19. The Hall–Kier alpha value is -2.54. The van der Waals surface area contributed by atoms with E-state index in [2.05, 4.69) is 15.0 Å². The molecule has 8 heteroatoms. The fourth-order valence-corrected chi connectivity index (χ4v) is 2.12. The van der Waals surface area contributed by atoms with Crippen LogP contribution in [0.4, 0.5) is 10.1 Å². The van der Waals surface area contributed by atoms with Crippen molar-refractivity contribution in [1.29, 1.82) is 0 Å². The van der Waals surface area contributed by atoms with Crippen molar-refractivity contribution in [1.82, 2.24) is 15.0 Å². The Bertz CT molecular complexity index is 878. The van der Waals surface area contributed by atoms with Crippen LogP contribution in [-0.4, -0.2) is 19.9 Å². The van der Waals surface area contributed by atoms with Crippen molar-refractivity contribution < 1.29 is 9.31 Å². The maximum atomic E-state index is 13.4. The van der Waals surface area contributed by atoms with Gasteiger partial charge in [0.15, 0.2) is 5.65 Å². The van der Waals surface area contributed by atoms with E-state index in [1.165, 1.54) is 12.3 Å². The van der Waals surface area contributed by atoms with Crippen LogP contribution in [0.25, 0.3) is 22.6 Å². The van der Waals surface area contributed by atoms with Crippen molar-refractivity contribution in [3.8, 4) is 11.4 Å². The quantitative estimate of drug-likeness (QED) is 0.578.